The Hall–Kier alpha value is -2.95. The monoisotopic (exact) mass is 368 g/mol. The van der Waals surface area contributed by atoms with Crippen LogP contribution in [0.2, 0.25) is 0 Å². The lowest BCUT2D eigenvalue weighted by Gasteiger charge is -2.29. The van der Waals surface area contributed by atoms with Crippen LogP contribution in [0.3, 0.4) is 0 Å². The lowest BCUT2D eigenvalue weighted by molar-refractivity contribution is -0.151. The third-order valence-corrected chi connectivity index (χ3v) is 4.74. The van der Waals surface area contributed by atoms with Crippen LogP contribution in [0, 0.1) is 11.7 Å². The summed E-state index contributed by atoms with van der Waals surface area (Å²) < 4.78 is 23.7. The zero-order valence-corrected chi connectivity index (χ0v) is 15.3. The number of esters is 1. The normalized spacial score (nSPS) is 19.4. The van der Waals surface area contributed by atoms with Crippen LogP contribution >= 0.6 is 0 Å². The number of carbonyl (C=O) groups excluding carboxylic acids is 2. The van der Waals surface area contributed by atoms with E-state index in [0.717, 1.165) is 16.7 Å². The molecule has 0 unspecified atom stereocenters. The number of carbonyl (C=O) groups is 2. The number of methoxy groups -OCH3 is 1. The van der Waals surface area contributed by atoms with Gasteiger partial charge in [0.1, 0.15) is 17.5 Å². The summed E-state index contributed by atoms with van der Waals surface area (Å²) >= 11 is 0. The van der Waals surface area contributed by atoms with Crippen molar-refractivity contribution in [1.29, 1.82) is 0 Å². The second-order valence-corrected chi connectivity index (χ2v) is 6.40. The fraction of sp³-hybridized carbons (Fsp3) is 0.273. The molecule has 0 amide bonds. The van der Waals surface area contributed by atoms with Gasteiger partial charge < -0.3 is 9.47 Å². The zero-order valence-electron chi connectivity index (χ0n) is 15.3. The lowest BCUT2D eigenvalue weighted by Crippen LogP contribution is -2.34. The number of hydrogen-bond acceptors (Lipinski definition) is 4. The Morgan fingerprint density at radius 3 is 2.59 bits per heavy atom. The minimum absolute atomic E-state index is 0.200. The van der Waals surface area contributed by atoms with Crippen molar-refractivity contribution in [1.82, 2.24) is 0 Å². The molecule has 1 aliphatic carbocycles. The van der Waals surface area contributed by atoms with Crippen LogP contribution in [-0.2, 0) is 14.3 Å². The molecule has 0 spiro atoms. The molecule has 0 bridgehead atoms. The average Bonchev–Trinajstić information content (AvgIpc) is 2.68. The minimum Gasteiger partial charge on any atom is -0.497 e. The highest BCUT2D eigenvalue weighted by atomic mass is 19.1. The van der Waals surface area contributed by atoms with E-state index in [9.17, 15) is 14.0 Å². The van der Waals surface area contributed by atoms with Crippen LogP contribution in [0.25, 0.3) is 5.57 Å². The van der Waals surface area contributed by atoms with Crippen molar-refractivity contribution in [2.45, 2.75) is 19.3 Å². The second-order valence-electron chi connectivity index (χ2n) is 6.40. The van der Waals surface area contributed by atoms with Gasteiger partial charge in [-0.25, -0.2) is 4.39 Å². The Bertz CT molecular complexity index is 870. The third kappa shape index (κ3) is 4.08. The molecule has 0 N–H and O–H groups in total. The van der Waals surface area contributed by atoms with E-state index >= 15 is 0 Å². The van der Waals surface area contributed by atoms with E-state index in [1.807, 2.05) is 24.3 Å². The standard InChI is InChI=1S/C22H21FO4/c1-3-27-22(25)21-19(14-7-9-17(23)10-8-14)12-16(13-20(21)24)15-5-4-6-18(11-15)26-2/h4-11,13,19,21H,3,12H2,1-2H3/t19-,21-/m1/s1. The molecule has 1 aliphatic rings. The SMILES string of the molecule is CCOC(=O)[C@H]1C(=O)C=C(c2cccc(OC)c2)C[C@@H]1c1ccc(F)cc1. The maximum atomic E-state index is 13.3. The predicted molar refractivity (Wildman–Crippen MR) is 99.9 cm³/mol. The van der Waals surface area contributed by atoms with Gasteiger partial charge >= 0.3 is 5.97 Å². The van der Waals surface area contributed by atoms with E-state index in [-0.39, 0.29) is 18.2 Å². The molecule has 0 fully saturated rings. The van der Waals surface area contributed by atoms with Gasteiger partial charge in [-0.2, -0.15) is 0 Å². The van der Waals surface area contributed by atoms with Crippen molar-refractivity contribution in [3.8, 4) is 5.75 Å². The summed E-state index contributed by atoms with van der Waals surface area (Å²) in [6.45, 7) is 1.90. The molecule has 5 heteroatoms. The van der Waals surface area contributed by atoms with E-state index in [2.05, 4.69) is 0 Å². The molecule has 3 rings (SSSR count). The first-order valence-corrected chi connectivity index (χ1v) is 8.84. The Kier molecular flexibility index (Phi) is 5.69. The molecule has 0 heterocycles. The maximum Gasteiger partial charge on any atom is 0.317 e. The molecule has 2 aromatic carbocycles. The highest BCUT2D eigenvalue weighted by Crippen LogP contribution is 2.40. The van der Waals surface area contributed by atoms with Crippen molar-refractivity contribution in [2.75, 3.05) is 13.7 Å². The summed E-state index contributed by atoms with van der Waals surface area (Å²) in [4.78, 5) is 25.3. The maximum absolute atomic E-state index is 13.3. The zero-order chi connectivity index (χ0) is 19.4. The highest BCUT2D eigenvalue weighted by molar-refractivity contribution is 6.10. The van der Waals surface area contributed by atoms with Gasteiger partial charge in [0, 0.05) is 5.92 Å². The summed E-state index contributed by atoms with van der Waals surface area (Å²) in [5.74, 6) is -1.86. The second kappa shape index (κ2) is 8.16. The number of rotatable bonds is 5. The molecule has 0 aliphatic heterocycles. The fourth-order valence-corrected chi connectivity index (χ4v) is 3.43. The quantitative estimate of drug-likeness (QED) is 0.588. The van der Waals surface area contributed by atoms with Gasteiger partial charge in [0.15, 0.2) is 5.78 Å². The molecule has 0 aromatic heterocycles. The van der Waals surface area contributed by atoms with Crippen molar-refractivity contribution in [3.63, 3.8) is 0 Å². The fourth-order valence-electron chi connectivity index (χ4n) is 3.43. The van der Waals surface area contributed by atoms with Crippen LogP contribution in [0.4, 0.5) is 4.39 Å². The molecule has 4 nitrogen and oxygen atoms in total. The van der Waals surface area contributed by atoms with Gasteiger partial charge in [0.25, 0.3) is 0 Å². The van der Waals surface area contributed by atoms with E-state index in [1.165, 1.54) is 18.2 Å². The summed E-state index contributed by atoms with van der Waals surface area (Å²) in [6.07, 6.45) is 1.98. The van der Waals surface area contributed by atoms with E-state index in [4.69, 9.17) is 9.47 Å². The van der Waals surface area contributed by atoms with Gasteiger partial charge in [-0.1, -0.05) is 24.3 Å². The van der Waals surface area contributed by atoms with Crippen LogP contribution in [0.1, 0.15) is 30.4 Å². The van der Waals surface area contributed by atoms with Gasteiger partial charge in [0.05, 0.1) is 13.7 Å². The van der Waals surface area contributed by atoms with Crippen molar-refractivity contribution in [3.05, 3.63) is 71.6 Å². The Morgan fingerprint density at radius 1 is 1.19 bits per heavy atom. The van der Waals surface area contributed by atoms with Crippen LogP contribution in [-0.4, -0.2) is 25.5 Å². The number of hydrogen-bond donors (Lipinski definition) is 0. The largest absolute Gasteiger partial charge is 0.497 e. The molecule has 0 saturated heterocycles. The van der Waals surface area contributed by atoms with Crippen molar-refractivity contribution in [2.24, 2.45) is 5.92 Å². The molecule has 2 aromatic rings. The summed E-state index contributed by atoms with van der Waals surface area (Å²) in [5, 5.41) is 0. The third-order valence-electron chi connectivity index (χ3n) is 4.74. The first kappa shape index (κ1) is 18.8. The highest BCUT2D eigenvalue weighted by Gasteiger charge is 2.39. The van der Waals surface area contributed by atoms with Gasteiger partial charge in [-0.3, -0.25) is 9.59 Å². The number of ketones is 1. The van der Waals surface area contributed by atoms with Crippen LogP contribution in [0.15, 0.2) is 54.6 Å². The number of ether oxygens (including phenoxy) is 2. The number of benzene rings is 2. The summed E-state index contributed by atoms with van der Waals surface area (Å²) in [5.41, 5.74) is 2.40. The van der Waals surface area contributed by atoms with Crippen LogP contribution < -0.4 is 4.74 Å². The predicted octanol–water partition coefficient (Wildman–Crippen LogP) is 4.15. The van der Waals surface area contributed by atoms with Crippen molar-refractivity contribution < 1.29 is 23.5 Å². The van der Waals surface area contributed by atoms with Gasteiger partial charge in [-0.05, 0) is 60.4 Å². The lowest BCUT2D eigenvalue weighted by atomic mass is 9.73. The molecular formula is C22H21FO4. The minimum atomic E-state index is -0.926. The van der Waals surface area contributed by atoms with Gasteiger partial charge in [0.2, 0.25) is 0 Å². The molecule has 2 atom stereocenters. The molecule has 0 radical (unpaired) electrons. The molecule has 140 valence electrons. The first-order chi connectivity index (χ1) is 13.0. The van der Waals surface area contributed by atoms with E-state index < -0.39 is 17.8 Å². The Balaban J connectivity index is 2.02. The van der Waals surface area contributed by atoms with E-state index in [1.54, 1.807) is 26.2 Å². The smallest absolute Gasteiger partial charge is 0.317 e. The first-order valence-electron chi connectivity index (χ1n) is 8.84. The van der Waals surface area contributed by atoms with Crippen LogP contribution in [0.5, 0.6) is 5.75 Å². The number of halogens is 1. The molecular weight excluding hydrogens is 347 g/mol. The van der Waals surface area contributed by atoms with Crippen molar-refractivity contribution >= 4 is 17.3 Å². The van der Waals surface area contributed by atoms with E-state index in [0.29, 0.717) is 12.2 Å². The molecule has 27 heavy (non-hydrogen) atoms. The topological polar surface area (TPSA) is 52.6 Å². The van der Waals surface area contributed by atoms with Gasteiger partial charge in [-0.15, -0.1) is 0 Å². The number of allylic oxidation sites excluding steroid dienone is 2. The Labute approximate surface area is 157 Å². The summed E-state index contributed by atoms with van der Waals surface area (Å²) in [7, 11) is 1.58. The average molecular weight is 368 g/mol. The Morgan fingerprint density at radius 2 is 1.93 bits per heavy atom. The summed E-state index contributed by atoms with van der Waals surface area (Å²) in [6, 6.07) is 13.3. The molecule has 0 saturated carbocycles.